The number of amides is 1. The van der Waals surface area contributed by atoms with Crippen molar-refractivity contribution < 1.29 is 9.21 Å². The summed E-state index contributed by atoms with van der Waals surface area (Å²) in [5.41, 5.74) is 2.28. The lowest BCUT2D eigenvalue weighted by molar-refractivity contribution is -0.132. The number of carbonyl (C=O) groups excluding carboxylic acids is 1. The molecule has 2 aromatic rings. The highest BCUT2D eigenvalue weighted by Crippen LogP contribution is 2.20. The first kappa shape index (κ1) is 16.6. The van der Waals surface area contributed by atoms with E-state index in [2.05, 4.69) is 41.1 Å². The third-order valence-electron chi connectivity index (χ3n) is 4.59. The number of rotatable bonds is 4. The van der Waals surface area contributed by atoms with Crippen molar-refractivity contribution in [3.63, 3.8) is 0 Å². The monoisotopic (exact) mass is 328 g/mol. The Hall–Kier alpha value is -2.21. The molecule has 0 N–H and O–H groups in total. The molecule has 1 atom stereocenters. The first-order valence-corrected chi connectivity index (χ1v) is 8.40. The fraction of sp³-hybridized carbons (Fsp3) is 0.500. The molecule has 24 heavy (non-hydrogen) atoms. The highest BCUT2D eigenvalue weighted by Gasteiger charge is 2.27. The molecule has 6 nitrogen and oxygen atoms in total. The van der Waals surface area contributed by atoms with E-state index in [1.165, 1.54) is 5.56 Å². The van der Waals surface area contributed by atoms with Gasteiger partial charge >= 0.3 is 0 Å². The van der Waals surface area contributed by atoms with Crippen LogP contribution in [0.15, 0.2) is 28.7 Å². The Morgan fingerprint density at radius 2 is 1.79 bits per heavy atom. The molecular formula is C18H24N4O2. The van der Waals surface area contributed by atoms with E-state index in [1.54, 1.807) is 6.92 Å². The zero-order valence-electron chi connectivity index (χ0n) is 14.5. The molecule has 0 unspecified atom stereocenters. The highest BCUT2D eigenvalue weighted by atomic mass is 16.4. The van der Waals surface area contributed by atoms with Gasteiger partial charge in [-0.1, -0.05) is 29.8 Å². The van der Waals surface area contributed by atoms with Gasteiger partial charge < -0.3 is 9.32 Å². The Kier molecular flexibility index (Phi) is 4.94. The Bertz CT molecular complexity index is 687. The van der Waals surface area contributed by atoms with Gasteiger partial charge in [0.2, 0.25) is 17.7 Å². The number of benzene rings is 1. The molecule has 1 aromatic heterocycles. The average Bonchev–Trinajstić information content (AvgIpc) is 3.03. The Morgan fingerprint density at radius 3 is 2.38 bits per heavy atom. The van der Waals surface area contributed by atoms with Crippen molar-refractivity contribution in [3.8, 4) is 0 Å². The summed E-state index contributed by atoms with van der Waals surface area (Å²) in [5, 5.41) is 7.99. The number of piperazine rings is 1. The quantitative estimate of drug-likeness (QED) is 0.860. The number of carbonyl (C=O) groups is 1. The molecule has 128 valence electrons. The first-order chi connectivity index (χ1) is 11.5. The summed E-state index contributed by atoms with van der Waals surface area (Å²) in [5.74, 6) is 1.43. The van der Waals surface area contributed by atoms with Crippen molar-refractivity contribution in [1.82, 2.24) is 20.0 Å². The summed E-state index contributed by atoms with van der Waals surface area (Å²) in [7, 11) is 0. The maximum absolute atomic E-state index is 12.5. The minimum atomic E-state index is 0.0838. The SMILES string of the molecule is Cc1ccc(CC(=O)N2CCN([C@H](C)c3nnc(C)o3)CC2)cc1. The summed E-state index contributed by atoms with van der Waals surface area (Å²) < 4.78 is 5.52. The van der Waals surface area contributed by atoms with Crippen LogP contribution in [0.1, 0.15) is 35.9 Å². The molecule has 1 saturated heterocycles. The average molecular weight is 328 g/mol. The van der Waals surface area contributed by atoms with Crippen molar-refractivity contribution in [3.05, 3.63) is 47.2 Å². The number of hydrogen-bond donors (Lipinski definition) is 0. The van der Waals surface area contributed by atoms with E-state index in [0.29, 0.717) is 18.2 Å². The molecule has 0 radical (unpaired) electrons. The predicted molar refractivity (Wildman–Crippen MR) is 90.5 cm³/mol. The number of nitrogens with zero attached hydrogens (tertiary/aromatic N) is 4. The van der Waals surface area contributed by atoms with Gasteiger partial charge in [-0.2, -0.15) is 0 Å². The normalized spacial score (nSPS) is 17.0. The number of aromatic nitrogens is 2. The molecule has 0 spiro atoms. The van der Waals surface area contributed by atoms with Gasteiger partial charge in [-0.15, -0.1) is 10.2 Å². The van der Waals surface area contributed by atoms with E-state index in [1.807, 2.05) is 17.0 Å². The van der Waals surface area contributed by atoms with Crippen LogP contribution in [0.5, 0.6) is 0 Å². The molecule has 2 heterocycles. The molecule has 0 bridgehead atoms. The van der Waals surface area contributed by atoms with Gasteiger partial charge in [0.05, 0.1) is 12.5 Å². The minimum absolute atomic E-state index is 0.0838. The maximum Gasteiger partial charge on any atom is 0.233 e. The van der Waals surface area contributed by atoms with Gasteiger partial charge in [0, 0.05) is 33.1 Å². The van der Waals surface area contributed by atoms with Gasteiger partial charge in [0.25, 0.3) is 0 Å². The van der Waals surface area contributed by atoms with Gasteiger partial charge in [0.1, 0.15) is 0 Å². The predicted octanol–water partition coefficient (Wildman–Crippen LogP) is 2.13. The van der Waals surface area contributed by atoms with Crippen LogP contribution in [0.4, 0.5) is 0 Å². The highest BCUT2D eigenvalue weighted by molar-refractivity contribution is 5.78. The fourth-order valence-corrected chi connectivity index (χ4v) is 2.99. The standard InChI is InChI=1S/C18H24N4O2/c1-13-4-6-16(7-5-13)12-17(23)22-10-8-21(9-11-22)14(2)18-20-19-15(3)24-18/h4-7,14H,8-12H2,1-3H3/t14-/m1/s1. The number of hydrogen-bond acceptors (Lipinski definition) is 5. The third kappa shape index (κ3) is 3.82. The van der Waals surface area contributed by atoms with Crippen LogP contribution in [-0.2, 0) is 11.2 Å². The smallest absolute Gasteiger partial charge is 0.233 e. The Labute approximate surface area is 142 Å². The van der Waals surface area contributed by atoms with Crippen LogP contribution in [0.2, 0.25) is 0 Å². The van der Waals surface area contributed by atoms with Crippen LogP contribution >= 0.6 is 0 Å². The Morgan fingerprint density at radius 1 is 1.12 bits per heavy atom. The number of aryl methyl sites for hydroxylation is 2. The largest absolute Gasteiger partial charge is 0.424 e. The lowest BCUT2D eigenvalue weighted by Gasteiger charge is -2.37. The molecular weight excluding hydrogens is 304 g/mol. The summed E-state index contributed by atoms with van der Waals surface area (Å²) >= 11 is 0. The molecule has 1 fully saturated rings. The molecule has 1 aliphatic heterocycles. The van der Waals surface area contributed by atoms with Gasteiger partial charge in [0.15, 0.2) is 0 Å². The van der Waals surface area contributed by atoms with E-state index >= 15 is 0 Å². The van der Waals surface area contributed by atoms with E-state index in [0.717, 1.165) is 31.7 Å². The second kappa shape index (κ2) is 7.13. The molecule has 3 rings (SSSR count). The minimum Gasteiger partial charge on any atom is -0.424 e. The van der Waals surface area contributed by atoms with Crippen molar-refractivity contribution in [2.75, 3.05) is 26.2 Å². The lowest BCUT2D eigenvalue weighted by Crippen LogP contribution is -2.49. The van der Waals surface area contributed by atoms with Crippen molar-refractivity contribution in [2.24, 2.45) is 0 Å². The summed E-state index contributed by atoms with van der Waals surface area (Å²) in [6, 6.07) is 8.25. The summed E-state index contributed by atoms with van der Waals surface area (Å²) in [6.07, 6.45) is 0.471. The molecule has 1 amide bonds. The second-order valence-electron chi connectivity index (χ2n) is 6.41. The maximum atomic E-state index is 12.5. The van der Waals surface area contributed by atoms with Crippen molar-refractivity contribution >= 4 is 5.91 Å². The second-order valence-corrected chi connectivity index (χ2v) is 6.41. The van der Waals surface area contributed by atoms with E-state index in [9.17, 15) is 4.79 Å². The molecule has 1 aliphatic rings. The topological polar surface area (TPSA) is 62.5 Å². The van der Waals surface area contributed by atoms with E-state index < -0.39 is 0 Å². The lowest BCUT2D eigenvalue weighted by atomic mass is 10.1. The molecule has 0 saturated carbocycles. The summed E-state index contributed by atoms with van der Waals surface area (Å²) in [4.78, 5) is 16.7. The molecule has 1 aromatic carbocycles. The van der Waals surface area contributed by atoms with Crippen molar-refractivity contribution in [1.29, 1.82) is 0 Å². The van der Waals surface area contributed by atoms with Gasteiger partial charge in [-0.25, -0.2) is 0 Å². The van der Waals surface area contributed by atoms with Crippen LogP contribution < -0.4 is 0 Å². The van der Waals surface area contributed by atoms with Crippen LogP contribution in [0, 0.1) is 13.8 Å². The first-order valence-electron chi connectivity index (χ1n) is 8.40. The Balaban J connectivity index is 1.52. The van der Waals surface area contributed by atoms with Gasteiger partial charge in [-0.05, 0) is 19.4 Å². The zero-order valence-corrected chi connectivity index (χ0v) is 14.5. The van der Waals surface area contributed by atoms with Crippen molar-refractivity contribution in [2.45, 2.75) is 33.2 Å². The van der Waals surface area contributed by atoms with Crippen LogP contribution in [0.25, 0.3) is 0 Å². The molecule has 6 heteroatoms. The third-order valence-corrected chi connectivity index (χ3v) is 4.59. The summed E-state index contributed by atoms with van der Waals surface area (Å²) in [6.45, 7) is 9.04. The van der Waals surface area contributed by atoms with E-state index in [-0.39, 0.29) is 11.9 Å². The molecule has 0 aliphatic carbocycles. The van der Waals surface area contributed by atoms with Gasteiger partial charge in [-0.3, -0.25) is 9.69 Å². The van der Waals surface area contributed by atoms with E-state index in [4.69, 9.17) is 4.42 Å². The van der Waals surface area contributed by atoms with Crippen LogP contribution in [0.3, 0.4) is 0 Å². The fourth-order valence-electron chi connectivity index (χ4n) is 2.99. The van der Waals surface area contributed by atoms with Crippen LogP contribution in [-0.4, -0.2) is 52.1 Å². The zero-order chi connectivity index (χ0) is 17.1.